The molecule has 0 bridgehead atoms. The van der Waals surface area contributed by atoms with Crippen molar-refractivity contribution < 1.29 is 9.47 Å². The van der Waals surface area contributed by atoms with E-state index in [1.807, 2.05) is 54.6 Å². The van der Waals surface area contributed by atoms with E-state index in [0.29, 0.717) is 6.61 Å². The van der Waals surface area contributed by atoms with E-state index in [1.54, 1.807) is 7.11 Å². The lowest BCUT2D eigenvalue weighted by atomic mass is 10.2. The topological polar surface area (TPSA) is 30.8 Å². The number of hydrogen-bond donors (Lipinski definition) is 0. The molecule has 114 valence electrons. The monoisotopic (exact) mass is 333 g/mol. The van der Waals surface area contributed by atoms with Crippen molar-refractivity contribution in [2.24, 2.45) is 4.99 Å². The van der Waals surface area contributed by atoms with Gasteiger partial charge in [0.2, 0.25) is 0 Å². The molecule has 3 nitrogen and oxygen atoms in total. The fraction of sp³-hybridized carbons (Fsp3) is 0.235. The second-order valence-corrected chi connectivity index (χ2v) is 6.68. The molecule has 2 aromatic carbocycles. The summed E-state index contributed by atoms with van der Waals surface area (Å²) in [5.41, 5.74) is 2.15. The molecule has 1 aliphatic rings. The highest BCUT2D eigenvalue weighted by Gasteiger charge is 2.29. The summed E-state index contributed by atoms with van der Waals surface area (Å²) in [6, 6.07) is 17.8. The van der Waals surface area contributed by atoms with E-state index in [2.05, 4.69) is 4.99 Å². The van der Waals surface area contributed by atoms with Gasteiger partial charge in [0.1, 0.15) is 15.5 Å². The summed E-state index contributed by atoms with van der Waals surface area (Å²) in [6.45, 7) is 0.509. The number of thioether (sulfide) groups is 1. The minimum atomic E-state index is -0.330. The predicted octanol–water partition coefficient (Wildman–Crippen LogP) is 4.30. The molecule has 0 radical (unpaired) electrons. The first-order chi connectivity index (χ1) is 10.8. The van der Waals surface area contributed by atoms with E-state index in [1.165, 1.54) is 11.8 Å². The first-order valence-electron chi connectivity index (χ1n) is 6.95. The number of nitrogens with zero attached hydrogens (tertiary/aromatic N) is 1. The van der Waals surface area contributed by atoms with E-state index in [-0.39, 0.29) is 10.9 Å². The van der Waals surface area contributed by atoms with Gasteiger partial charge in [0.15, 0.2) is 6.23 Å². The Kier molecular flexibility index (Phi) is 5.03. The molecule has 0 aromatic heterocycles. The van der Waals surface area contributed by atoms with Crippen LogP contribution in [0.4, 0.5) is 0 Å². The molecule has 0 amide bonds. The third-order valence-electron chi connectivity index (χ3n) is 3.29. The Morgan fingerprint density at radius 3 is 2.50 bits per heavy atom. The van der Waals surface area contributed by atoms with Gasteiger partial charge in [-0.3, -0.25) is 0 Å². The highest BCUT2D eigenvalue weighted by Crippen LogP contribution is 2.34. The van der Waals surface area contributed by atoms with Crippen LogP contribution in [0, 0.1) is 0 Å². The fourth-order valence-electron chi connectivity index (χ4n) is 2.11. The average Bonchev–Trinajstić information content (AvgIpc) is 2.95. The van der Waals surface area contributed by atoms with E-state index >= 15 is 0 Å². The first kappa shape index (κ1) is 15.4. The largest absolute Gasteiger partial charge is 0.497 e. The Morgan fingerprint density at radius 1 is 1.09 bits per heavy atom. The van der Waals surface area contributed by atoms with Crippen molar-refractivity contribution in [2.75, 3.05) is 7.11 Å². The molecule has 5 heteroatoms. The van der Waals surface area contributed by atoms with Gasteiger partial charge in [-0.1, -0.05) is 42.1 Å². The first-order valence-corrected chi connectivity index (χ1v) is 8.26. The summed E-state index contributed by atoms with van der Waals surface area (Å²) in [7, 11) is 1.65. The van der Waals surface area contributed by atoms with Crippen LogP contribution in [0.1, 0.15) is 11.1 Å². The molecule has 0 fully saturated rings. The lowest BCUT2D eigenvalue weighted by Gasteiger charge is -2.11. The Morgan fingerprint density at radius 2 is 1.82 bits per heavy atom. The summed E-state index contributed by atoms with van der Waals surface area (Å²) >= 11 is 7.87. The Balaban J connectivity index is 1.66. The van der Waals surface area contributed by atoms with E-state index in [9.17, 15) is 0 Å². The maximum absolute atomic E-state index is 6.35. The Bertz CT molecular complexity index is 645. The predicted molar refractivity (Wildman–Crippen MR) is 91.8 cm³/mol. The van der Waals surface area contributed by atoms with Gasteiger partial charge in [-0.15, -0.1) is 11.6 Å². The molecule has 1 heterocycles. The molecule has 0 saturated heterocycles. The number of halogens is 1. The van der Waals surface area contributed by atoms with Crippen molar-refractivity contribution in [2.45, 2.75) is 17.5 Å². The Labute approximate surface area is 139 Å². The molecule has 2 aromatic rings. The van der Waals surface area contributed by atoms with E-state index in [4.69, 9.17) is 21.1 Å². The number of methoxy groups -OCH3 is 1. The number of ether oxygens (including phenoxy) is 2. The van der Waals surface area contributed by atoms with E-state index < -0.39 is 0 Å². The highest BCUT2D eigenvalue weighted by atomic mass is 35.5. The minimum absolute atomic E-state index is 0.208. The van der Waals surface area contributed by atoms with Gasteiger partial charge in [0, 0.05) is 5.56 Å². The summed E-state index contributed by atoms with van der Waals surface area (Å²) in [5, 5.41) is 0.903. The lowest BCUT2D eigenvalue weighted by Crippen LogP contribution is -2.15. The standard InChI is InChI=1S/C17H16ClNO2S/c1-20-14-9-7-13(8-10-14)17-19-16(15(18)22-17)21-11-12-5-3-2-4-6-12/h2-10,15-16H,11H2,1H3. The van der Waals surface area contributed by atoms with Crippen LogP contribution in [0.3, 0.4) is 0 Å². The lowest BCUT2D eigenvalue weighted by molar-refractivity contribution is 0.0585. The normalized spacial score (nSPS) is 20.7. The SMILES string of the molecule is COc1ccc(C2=NC(OCc3ccccc3)C(Cl)S2)cc1. The molecule has 0 spiro atoms. The van der Waals surface area contributed by atoms with Crippen LogP contribution < -0.4 is 4.74 Å². The second-order valence-electron chi connectivity index (χ2n) is 4.82. The van der Waals surface area contributed by atoms with Crippen molar-refractivity contribution in [1.82, 2.24) is 0 Å². The van der Waals surface area contributed by atoms with Gasteiger partial charge in [0.05, 0.1) is 13.7 Å². The zero-order valence-corrected chi connectivity index (χ0v) is 13.7. The second kappa shape index (κ2) is 7.18. The summed E-state index contributed by atoms with van der Waals surface area (Å²) < 4.78 is 10.8. The molecule has 1 aliphatic heterocycles. The molecular weight excluding hydrogens is 318 g/mol. The molecule has 22 heavy (non-hydrogen) atoms. The zero-order valence-electron chi connectivity index (χ0n) is 12.1. The van der Waals surface area contributed by atoms with Crippen LogP contribution in [0.5, 0.6) is 5.75 Å². The van der Waals surface area contributed by atoms with Crippen LogP contribution in [-0.2, 0) is 11.3 Å². The van der Waals surface area contributed by atoms with Crippen LogP contribution in [0.25, 0.3) is 0 Å². The maximum Gasteiger partial charge on any atom is 0.175 e. The molecule has 2 unspecified atom stereocenters. The quantitative estimate of drug-likeness (QED) is 0.764. The van der Waals surface area contributed by atoms with Gasteiger partial charge < -0.3 is 9.47 Å². The van der Waals surface area contributed by atoms with Crippen LogP contribution in [0.15, 0.2) is 59.6 Å². The molecular formula is C17H16ClNO2S. The number of hydrogen-bond acceptors (Lipinski definition) is 4. The maximum atomic E-state index is 6.35. The summed E-state index contributed by atoms with van der Waals surface area (Å²) in [6.07, 6.45) is -0.330. The number of aliphatic imine (C=N–C) groups is 1. The van der Waals surface area contributed by atoms with Gasteiger partial charge in [0.25, 0.3) is 0 Å². The van der Waals surface area contributed by atoms with Crippen molar-refractivity contribution >= 4 is 28.4 Å². The van der Waals surface area contributed by atoms with Crippen molar-refractivity contribution in [3.8, 4) is 5.75 Å². The molecule has 0 aliphatic carbocycles. The number of benzene rings is 2. The van der Waals surface area contributed by atoms with Crippen molar-refractivity contribution in [1.29, 1.82) is 0 Å². The van der Waals surface area contributed by atoms with Crippen LogP contribution >= 0.6 is 23.4 Å². The third kappa shape index (κ3) is 3.64. The fourth-order valence-corrected chi connectivity index (χ4v) is 3.40. The zero-order chi connectivity index (χ0) is 15.4. The van der Waals surface area contributed by atoms with Gasteiger partial charge in [-0.05, 0) is 29.8 Å². The van der Waals surface area contributed by atoms with Gasteiger partial charge in [-0.2, -0.15) is 0 Å². The molecule has 0 N–H and O–H groups in total. The smallest absolute Gasteiger partial charge is 0.175 e. The van der Waals surface area contributed by atoms with E-state index in [0.717, 1.165) is 21.9 Å². The minimum Gasteiger partial charge on any atom is -0.497 e. The molecule has 3 rings (SSSR count). The Hall–Kier alpha value is -1.49. The van der Waals surface area contributed by atoms with Crippen molar-refractivity contribution in [3.05, 3.63) is 65.7 Å². The highest BCUT2D eigenvalue weighted by molar-refractivity contribution is 8.16. The number of rotatable bonds is 5. The molecule has 0 saturated carbocycles. The van der Waals surface area contributed by atoms with Gasteiger partial charge in [-0.25, -0.2) is 4.99 Å². The third-order valence-corrected chi connectivity index (χ3v) is 4.80. The number of alkyl halides is 1. The molecule has 2 atom stereocenters. The van der Waals surface area contributed by atoms with Crippen molar-refractivity contribution in [3.63, 3.8) is 0 Å². The average molecular weight is 334 g/mol. The summed E-state index contributed by atoms with van der Waals surface area (Å²) in [4.78, 5) is 4.59. The van der Waals surface area contributed by atoms with Gasteiger partial charge >= 0.3 is 0 Å². The summed E-state index contributed by atoms with van der Waals surface area (Å²) in [5.74, 6) is 0.826. The van der Waals surface area contributed by atoms with Crippen LogP contribution in [0.2, 0.25) is 0 Å². The van der Waals surface area contributed by atoms with Crippen LogP contribution in [-0.4, -0.2) is 23.1 Å².